The minimum atomic E-state index is -1.92. The van der Waals surface area contributed by atoms with Crippen LogP contribution >= 0.6 is 0 Å². The number of hydrogen-bond acceptors (Lipinski definition) is 9. The van der Waals surface area contributed by atoms with Gasteiger partial charge in [0.15, 0.2) is 5.60 Å². The van der Waals surface area contributed by atoms with Crippen LogP contribution in [0.2, 0.25) is 0 Å². The van der Waals surface area contributed by atoms with Crippen molar-refractivity contribution in [2.75, 3.05) is 26.2 Å². The molecule has 3 aromatic heterocycles. The highest BCUT2D eigenvalue weighted by Gasteiger charge is 2.45. The van der Waals surface area contributed by atoms with Gasteiger partial charge in [-0.15, -0.1) is 5.10 Å². The molecule has 6 heterocycles. The molecule has 1 aromatic carbocycles. The number of aryl methyl sites for hydroxylation is 1. The number of ether oxygens (including phenoxy) is 1. The number of nitrogens with zero attached hydrogens (tertiary/aromatic N) is 6. The van der Waals surface area contributed by atoms with Gasteiger partial charge in [0.2, 0.25) is 0 Å². The molecule has 0 saturated carbocycles. The quantitative estimate of drug-likeness (QED) is 0.309. The van der Waals surface area contributed by atoms with E-state index in [2.05, 4.69) is 20.5 Å². The molecule has 41 heavy (non-hydrogen) atoms. The maximum atomic E-state index is 14.7. The van der Waals surface area contributed by atoms with Gasteiger partial charge in [-0.1, -0.05) is 12.1 Å². The largest absolute Gasteiger partial charge is 0.458 e. The zero-order valence-corrected chi connectivity index (χ0v) is 22.9. The molecule has 1 atom stereocenters. The molecule has 0 amide bonds. The third-order valence-corrected chi connectivity index (χ3v) is 8.59. The second-order valence-electron chi connectivity index (χ2n) is 11.1. The number of esters is 1. The van der Waals surface area contributed by atoms with E-state index < -0.39 is 11.6 Å². The van der Waals surface area contributed by atoms with Crippen LogP contribution in [0, 0.1) is 12.7 Å². The molecule has 0 aliphatic carbocycles. The van der Waals surface area contributed by atoms with E-state index in [0.29, 0.717) is 35.6 Å². The summed E-state index contributed by atoms with van der Waals surface area (Å²) in [5.74, 6) is -1.15. The highest BCUT2D eigenvalue weighted by atomic mass is 19.1. The Bertz CT molecular complexity index is 1790. The highest BCUT2D eigenvalue weighted by Crippen LogP contribution is 2.40. The lowest BCUT2D eigenvalue weighted by Gasteiger charge is -2.31. The van der Waals surface area contributed by atoms with E-state index in [4.69, 9.17) is 9.72 Å². The van der Waals surface area contributed by atoms with Crippen LogP contribution in [0.5, 0.6) is 0 Å². The standard InChI is InChI=1S/C29H30FN7O4/c1-3-29(40)22-9-25-26-20(14-37(25)27(38)21(22)15-41-28(29)39)19(18-8-16(2)23(30)10-24(18)32-26)13-36-12-17(33-34-36)11-35-6-4-31-5-7-35/h8-10,12,31,40H,3-7,11,13-15H2,1-2H3/t29-/m0/s1. The van der Waals surface area contributed by atoms with Crippen molar-refractivity contribution in [1.29, 1.82) is 0 Å². The van der Waals surface area contributed by atoms with Crippen molar-refractivity contribution in [3.8, 4) is 11.4 Å². The first kappa shape index (κ1) is 25.9. The molecule has 1 saturated heterocycles. The van der Waals surface area contributed by atoms with Gasteiger partial charge < -0.3 is 19.7 Å². The molecule has 7 rings (SSSR count). The summed E-state index contributed by atoms with van der Waals surface area (Å²) in [6.07, 6.45) is 1.98. The van der Waals surface area contributed by atoms with Gasteiger partial charge in [-0.2, -0.15) is 0 Å². The van der Waals surface area contributed by atoms with Gasteiger partial charge >= 0.3 is 5.97 Å². The molecule has 0 radical (unpaired) electrons. The van der Waals surface area contributed by atoms with Gasteiger partial charge in [-0.25, -0.2) is 18.9 Å². The van der Waals surface area contributed by atoms with E-state index in [-0.39, 0.29) is 42.1 Å². The van der Waals surface area contributed by atoms with E-state index in [1.54, 1.807) is 35.2 Å². The summed E-state index contributed by atoms with van der Waals surface area (Å²) in [6, 6.07) is 4.86. The second-order valence-corrected chi connectivity index (χ2v) is 11.1. The van der Waals surface area contributed by atoms with Gasteiger partial charge in [0, 0.05) is 55.3 Å². The van der Waals surface area contributed by atoms with Crippen LogP contribution in [0.1, 0.15) is 46.9 Å². The third-order valence-electron chi connectivity index (χ3n) is 8.59. The smallest absolute Gasteiger partial charge is 0.343 e. The number of piperazine rings is 1. The van der Waals surface area contributed by atoms with Gasteiger partial charge in [0.05, 0.1) is 47.4 Å². The third kappa shape index (κ3) is 4.08. The molecule has 0 bridgehead atoms. The lowest BCUT2D eigenvalue weighted by molar-refractivity contribution is -0.172. The minimum absolute atomic E-state index is 0.0536. The molecule has 0 spiro atoms. The van der Waals surface area contributed by atoms with E-state index in [0.717, 1.165) is 48.4 Å². The molecular weight excluding hydrogens is 529 g/mol. The van der Waals surface area contributed by atoms with Crippen LogP contribution in [-0.2, 0) is 41.4 Å². The Morgan fingerprint density at radius 3 is 2.73 bits per heavy atom. The molecule has 4 aromatic rings. The molecule has 2 N–H and O–H groups in total. The minimum Gasteiger partial charge on any atom is -0.458 e. The molecule has 11 nitrogen and oxygen atoms in total. The van der Waals surface area contributed by atoms with Crippen LogP contribution in [-0.4, -0.2) is 66.7 Å². The maximum Gasteiger partial charge on any atom is 0.343 e. The van der Waals surface area contributed by atoms with Crippen LogP contribution in [0.3, 0.4) is 0 Å². The number of carbonyl (C=O) groups excluding carboxylic acids is 1. The van der Waals surface area contributed by atoms with Crippen molar-refractivity contribution in [2.24, 2.45) is 0 Å². The topological polar surface area (TPSA) is 127 Å². The van der Waals surface area contributed by atoms with Crippen molar-refractivity contribution in [2.45, 2.75) is 52.1 Å². The summed E-state index contributed by atoms with van der Waals surface area (Å²) in [4.78, 5) is 33.4. The molecule has 212 valence electrons. The summed E-state index contributed by atoms with van der Waals surface area (Å²) in [5, 5.41) is 24.1. The average molecular weight is 560 g/mol. The Hall–Kier alpha value is -4.00. The van der Waals surface area contributed by atoms with Crippen LogP contribution in [0.25, 0.3) is 22.3 Å². The van der Waals surface area contributed by atoms with E-state index in [9.17, 15) is 19.1 Å². The van der Waals surface area contributed by atoms with Crippen LogP contribution in [0.15, 0.2) is 29.2 Å². The summed E-state index contributed by atoms with van der Waals surface area (Å²) < 4.78 is 23.3. The average Bonchev–Trinajstić information content (AvgIpc) is 3.57. The van der Waals surface area contributed by atoms with Crippen molar-refractivity contribution >= 4 is 16.9 Å². The van der Waals surface area contributed by atoms with Crippen molar-refractivity contribution in [3.05, 3.63) is 74.1 Å². The Kier molecular flexibility index (Phi) is 6.03. The van der Waals surface area contributed by atoms with Gasteiger partial charge in [0.25, 0.3) is 5.56 Å². The van der Waals surface area contributed by atoms with E-state index in [1.807, 2.05) is 6.20 Å². The van der Waals surface area contributed by atoms with Crippen molar-refractivity contribution < 1.29 is 19.0 Å². The molecule has 3 aliphatic heterocycles. The predicted octanol–water partition coefficient (Wildman–Crippen LogP) is 1.57. The van der Waals surface area contributed by atoms with Crippen molar-refractivity contribution in [3.63, 3.8) is 0 Å². The van der Waals surface area contributed by atoms with Gasteiger partial charge in [-0.3, -0.25) is 9.69 Å². The molecule has 1 fully saturated rings. The lowest BCUT2D eigenvalue weighted by Crippen LogP contribution is -2.44. The van der Waals surface area contributed by atoms with Crippen molar-refractivity contribution in [1.82, 2.24) is 34.8 Å². The normalized spacial score (nSPS) is 20.1. The molecule has 12 heteroatoms. The Labute approximate surface area is 234 Å². The number of nitrogens with one attached hydrogen (secondary N) is 1. The SMILES string of the molecule is CC[C@@]1(O)C(=O)OCc2c1cc1n(c2=O)Cc2c-1nc1cc(F)c(C)cc1c2Cn1cc(CN2CCNCC2)nn1. The fraction of sp³-hybridized carbons (Fsp3) is 0.414. The van der Waals surface area contributed by atoms with Crippen LogP contribution < -0.4 is 10.9 Å². The molecule has 0 unspecified atom stereocenters. The number of pyridine rings is 2. The predicted molar refractivity (Wildman–Crippen MR) is 146 cm³/mol. The number of benzene rings is 1. The number of aromatic nitrogens is 5. The number of fused-ring (bicyclic) bond motifs is 5. The van der Waals surface area contributed by atoms with Gasteiger partial charge in [0.1, 0.15) is 12.4 Å². The number of rotatable bonds is 5. The number of carbonyl (C=O) groups is 1. The first-order valence-corrected chi connectivity index (χ1v) is 13.9. The lowest BCUT2D eigenvalue weighted by atomic mass is 9.86. The summed E-state index contributed by atoms with van der Waals surface area (Å²) in [5.41, 5.74) is 2.72. The van der Waals surface area contributed by atoms with Gasteiger partial charge in [-0.05, 0) is 36.6 Å². The summed E-state index contributed by atoms with van der Waals surface area (Å²) in [7, 11) is 0. The van der Waals surface area contributed by atoms with Crippen LogP contribution in [0.4, 0.5) is 4.39 Å². The van der Waals surface area contributed by atoms with E-state index >= 15 is 0 Å². The maximum absolute atomic E-state index is 14.7. The fourth-order valence-electron chi connectivity index (χ4n) is 6.22. The Morgan fingerprint density at radius 2 is 1.95 bits per heavy atom. The summed E-state index contributed by atoms with van der Waals surface area (Å²) >= 11 is 0. The Morgan fingerprint density at radius 1 is 1.15 bits per heavy atom. The number of halogens is 1. The molecular formula is C29H30FN7O4. The zero-order chi connectivity index (χ0) is 28.5. The molecule has 3 aliphatic rings. The van der Waals surface area contributed by atoms with E-state index in [1.165, 1.54) is 6.07 Å². The summed E-state index contributed by atoms with van der Waals surface area (Å²) in [6.45, 7) is 8.25. The number of hydrogen-bond donors (Lipinski definition) is 2. The first-order chi connectivity index (χ1) is 19.8. The Balaban J connectivity index is 1.36. The monoisotopic (exact) mass is 559 g/mol. The second kappa shape index (κ2) is 9.54. The fourth-order valence-corrected chi connectivity index (χ4v) is 6.22. The highest BCUT2D eigenvalue weighted by molar-refractivity contribution is 5.89. The number of aliphatic hydroxyl groups is 1. The first-order valence-electron chi connectivity index (χ1n) is 13.9. The zero-order valence-electron chi connectivity index (χ0n) is 22.9. The number of cyclic esters (lactones) is 1.